The largest absolute Gasteiger partial charge is 0.493 e. The van der Waals surface area contributed by atoms with Crippen molar-refractivity contribution in [3.63, 3.8) is 0 Å². The first-order valence-corrected chi connectivity index (χ1v) is 11.9. The summed E-state index contributed by atoms with van der Waals surface area (Å²) in [5, 5.41) is 0. The highest BCUT2D eigenvalue weighted by molar-refractivity contribution is 8.26. The molecule has 1 fully saturated rings. The highest BCUT2D eigenvalue weighted by Gasteiger charge is 2.35. The second-order valence-corrected chi connectivity index (χ2v) is 9.48. The lowest BCUT2D eigenvalue weighted by Crippen LogP contribution is -2.30. The Labute approximate surface area is 208 Å². The van der Waals surface area contributed by atoms with E-state index in [9.17, 15) is 9.59 Å². The highest BCUT2D eigenvalue weighted by Crippen LogP contribution is 2.39. The van der Waals surface area contributed by atoms with E-state index in [0.29, 0.717) is 26.3 Å². The number of hydrogen-bond donors (Lipinski definition) is 0. The summed E-state index contributed by atoms with van der Waals surface area (Å²) >= 11 is 6.77. The van der Waals surface area contributed by atoms with Crippen LogP contribution < -0.4 is 9.47 Å². The number of amides is 1. The lowest BCUT2D eigenvalue weighted by atomic mass is 10.1. The molecule has 0 N–H and O–H groups in total. The number of benzene rings is 3. The van der Waals surface area contributed by atoms with Crippen LogP contribution in [0.25, 0.3) is 6.08 Å². The van der Waals surface area contributed by atoms with Crippen molar-refractivity contribution < 1.29 is 19.1 Å². The SMILES string of the molecule is COc1cc(/C=C2/SC(=S)N([C@H](C)c3ccccc3)C2=O)ccc1OC(=O)c1ccc(C)cc1. The number of aryl methyl sites for hydroxylation is 1. The molecule has 0 radical (unpaired) electrons. The fourth-order valence-corrected chi connectivity index (χ4v) is 4.97. The van der Waals surface area contributed by atoms with E-state index in [4.69, 9.17) is 21.7 Å². The lowest BCUT2D eigenvalue weighted by molar-refractivity contribution is -0.123. The normalized spacial score (nSPS) is 15.5. The predicted octanol–water partition coefficient (Wildman–Crippen LogP) is 6.19. The number of thioether (sulfide) groups is 1. The quantitative estimate of drug-likeness (QED) is 0.178. The van der Waals surface area contributed by atoms with E-state index in [1.165, 1.54) is 18.9 Å². The molecule has 0 saturated carbocycles. The lowest BCUT2D eigenvalue weighted by Gasteiger charge is -2.23. The van der Waals surface area contributed by atoms with Gasteiger partial charge >= 0.3 is 5.97 Å². The molecule has 1 aliphatic rings. The van der Waals surface area contributed by atoms with Gasteiger partial charge in [-0.2, -0.15) is 0 Å². The van der Waals surface area contributed by atoms with Crippen LogP contribution in [0.3, 0.4) is 0 Å². The molecular formula is C27H23NO4S2. The van der Waals surface area contributed by atoms with Crippen molar-refractivity contribution in [1.29, 1.82) is 0 Å². The predicted molar refractivity (Wildman–Crippen MR) is 139 cm³/mol. The van der Waals surface area contributed by atoms with E-state index in [1.807, 2.05) is 56.3 Å². The molecule has 1 amide bonds. The maximum Gasteiger partial charge on any atom is 0.343 e. The Balaban J connectivity index is 1.54. The van der Waals surface area contributed by atoms with E-state index in [2.05, 4.69) is 0 Å². The maximum absolute atomic E-state index is 13.1. The molecule has 1 heterocycles. The molecule has 1 saturated heterocycles. The van der Waals surface area contributed by atoms with Crippen LogP contribution in [-0.4, -0.2) is 28.2 Å². The van der Waals surface area contributed by atoms with E-state index in [-0.39, 0.29) is 11.9 Å². The van der Waals surface area contributed by atoms with Gasteiger partial charge in [0, 0.05) is 0 Å². The van der Waals surface area contributed by atoms with E-state index < -0.39 is 5.97 Å². The van der Waals surface area contributed by atoms with Gasteiger partial charge in [-0.15, -0.1) is 0 Å². The van der Waals surface area contributed by atoms with Gasteiger partial charge in [-0.05, 0) is 55.3 Å². The summed E-state index contributed by atoms with van der Waals surface area (Å²) in [7, 11) is 1.50. The zero-order valence-corrected chi connectivity index (χ0v) is 20.6. The molecule has 0 bridgehead atoms. The first kappa shape index (κ1) is 23.7. The number of methoxy groups -OCH3 is 1. The minimum Gasteiger partial charge on any atom is -0.493 e. The minimum absolute atomic E-state index is 0.139. The number of ether oxygens (including phenoxy) is 2. The van der Waals surface area contributed by atoms with Gasteiger partial charge in [0.2, 0.25) is 0 Å². The van der Waals surface area contributed by atoms with Crippen LogP contribution >= 0.6 is 24.0 Å². The average Bonchev–Trinajstić information content (AvgIpc) is 3.12. The summed E-state index contributed by atoms with van der Waals surface area (Å²) in [4.78, 5) is 27.8. The molecule has 172 valence electrons. The Kier molecular flexibility index (Phi) is 7.14. The Hall–Kier alpha value is -3.42. The average molecular weight is 490 g/mol. The number of esters is 1. The highest BCUT2D eigenvalue weighted by atomic mass is 32.2. The van der Waals surface area contributed by atoms with Crippen molar-refractivity contribution in [2.75, 3.05) is 7.11 Å². The zero-order valence-electron chi connectivity index (χ0n) is 19.0. The molecule has 7 heteroatoms. The van der Waals surface area contributed by atoms with E-state index in [0.717, 1.165) is 16.7 Å². The van der Waals surface area contributed by atoms with Crippen LogP contribution in [0, 0.1) is 6.92 Å². The van der Waals surface area contributed by atoms with Crippen LogP contribution in [0.2, 0.25) is 0 Å². The summed E-state index contributed by atoms with van der Waals surface area (Å²) in [5.41, 5.74) is 3.26. The van der Waals surface area contributed by atoms with Gasteiger partial charge in [-0.1, -0.05) is 78.1 Å². The number of nitrogens with zero attached hydrogens (tertiary/aromatic N) is 1. The molecule has 4 rings (SSSR count). The van der Waals surface area contributed by atoms with Crippen LogP contribution in [-0.2, 0) is 4.79 Å². The summed E-state index contributed by atoms with van der Waals surface area (Å²) in [6, 6.07) is 21.9. The van der Waals surface area contributed by atoms with E-state index in [1.54, 1.807) is 41.3 Å². The fourth-order valence-electron chi connectivity index (χ4n) is 3.55. The molecule has 34 heavy (non-hydrogen) atoms. The van der Waals surface area contributed by atoms with Gasteiger partial charge in [0.25, 0.3) is 5.91 Å². The third-order valence-electron chi connectivity index (χ3n) is 5.47. The molecular weight excluding hydrogens is 466 g/mol. The molecule has 0 spiro atoms. The van der Waals surface area contributed by atoms with Crippen molar-refractivity contribution >= 4 is 46.3 Å². The smallest absolute Gasteiger partial charge is 0.343 e. The maximum atomic E-state index is 13.1. The third-order valence-corrected chi connectivity index (χ3v) is 6.80. The summed E-state index contributed by atoms with van der Waals surface area (Å²) < 4.78 is 11.5. The number of carbonyl (C=O) groups is 2. The van der Waals surface area contributed by atoms with Crippen LogP contribution in [0.1, 0.15) is 40.0 Å². The van der Waals surface area contributed by atoms with Crippen molar-refractivity contribution in [3.05, 3.63) is 100.0 Å². The van der Waals surface area contributed by atoms with Gasteiger partial charge in [0.1, 0.15) is 4.32 Å². The first-order chi connectivity index (χ1) is 16.4. The van der Waals surface area contributed by atoms with Gasteiger partial charge in [0.15, 0.2) is 11.5 Å². The minimum atomic E-state index is -0.471. The van der Waals surface area contributed by atoms with Crippen molar-refractivity contribution in [1.82, 2.24) is 4.90 Å². The molecule has 3 aromatic rings. The van der Waals surface area contributed by atoms with Gasteiger partial charge in [0.05, 0.1) is 23.6 Å². The molecule has 3 aromatic carbocycles. The molecule has 1 atom stereocenters. The Bertz CT molecular complexity index is 1270. The Morgan fingerprint density at radius 1 is 1.03 bits per heavy atom. The zero-order chi connectivity index (χ0) is 24.2. The van der Waals surface area contributed by atoms with Gasteiger partial charge < -0.3 is 9.47 Å². The summed E-state index contributed by atoms with van der Waals surface area (Å²) in [5.74, 6) is 0.0832. The molecule has 0 aliphatic carbocycles. The molecule has 0 aromatic heterocycles. The van der Waals surface area contributed by atoms with Crippen LogP contribution in [0.15, 0.2) is 77.7 Å². The van der Waals surface area contributed by atoms with Crippen LogP contribution in [0.4, 0.5) is 0 Å². The number of hydrogen-bond acceptors (Lipinski definition) is 6. The summed E-state index contributed by atoms with van der Waals surface area (Å²) in [6.07, 6.45) is 1.77. The molecule has 1 aliphatic heterocycles. The third kappa shape index (κ3) is 5.05. The van der Waals surface area contributed by atoms with Gasteiger partial charge in [-0.25, -0.2) is 4.79 Å². The molecule has 0 unspecified atom stereocenters. The second-order valence-electron chi connectivity index (χ2n) is 7.80. The summed E-state index contributed by atoms with van der Waals surface area (Å²) in [6.45, 7) is 3.91. The molecule has 5 nitrogen and oxygen atoms in total. The van der Waals surface area contributed by atoms with Crippen LogP contribution in [0.5, 0.6) is 11.5 Å². The van der Waals surface area contributed by atoms with Gasteiger partial charge in [-0.3, -0.25) is 9.69 Å². The Morgan fingerprint density at radius 3 is 2.41 bits per heavy atom. The van der Waals surface area contributed by atoms with Crippen molar-refractivity contribution in [2.24, 2.45) is 0 Å². The topological polar surface area (TPSA) is 55.8 Å². The van der Waals surface area contributed by atoms with Crippen molar-refractivity contribution in [2.45, 2.75) is 19.9 Å². The monoisotopic (exact) mass is 489 g/mol. The number of rotatable bonds is 6. The number of carbonyl (C=O) groups excluding carboxylic acids is 2. The fraction of sp³-hybridized carbons (Fsp3) is 0.148. The van der Waals surface area contributed by atoms with E-state index >= 15 is 0 Å². The number of thiocarbonyl (C=S) groups is 1. The first-order valence-electron chi connectivity index (χ1n) is 10.7. The Morgan fingerprint density at radius 2 is 1.74 bits per heavy atom. The standard InChI is InChI=1S/C27H23NO4S2/c1-17-9-12-21(13-10-17)26(30)32-22-14-11-19(15-23(22)31-3)16-24-25(29)28(27(33)34-24)18(2)20-7-5-4-6-8-20/h4-16,18H,1-3H3/b24-16+/t18-/m1/s1. The second kappa shape index (κ2) is 10.2. The van der Waals surface area contributed by atoms with Crippen molar-refractivity contribution in [3.8, 4) is 11.5 Å².